The third-order valence-corrected chi connectivity index (χ3v) is 3.09. The number of anilines is 1. The summed E-state index contributed by atoms with van der Waals surface area (Å²) in [6.45, 7) is 5.07. The first-order valence-corrected chi connectivity index (χ1v) is 6.67. The van der Waals surface area contributed by atoms with E-state index in [4.69, 9.17) is 4.74 Å². The fraction of sp³-hybridized carbons (Fsp3) is 0.176. The van der Waals surface area contributed by atoms with Gasteiger partial charge in [0.2, 0.25) is 0 Å². The van der Waals surface area contributed by atoms with Gasteiger partial charge in [-0.15, -0.1) is 0 Å². The van der Waals surface area contributed by atoms with E-state index >= 15 is 0 Å². The van der Waals surface area contributed by atoms with Gasteiger partial charge in [-0.25, -0.2) is 0 Å². The average Bonchev–Trinajstić information content (AvgIpc) is 2.48. The molecule has 0 aliphatic heterocycles. The van der Waals surface area contributed by atoms with Crippen LogP contribution in [0.15, 0.2) is 60.8 Å². The van der Waals surface area contributed by atoms with E-state index in [1.165, 1.54) is 6.07 Å². The predicted molar refractivity (Wildman–Crippen MR) is 80.8 cm³/mol. The Morgan fingerprint density at radius 2 is 1.82 bits per heavy atom. The smallest absolute Gasteiger partial charge is 0.430 e. The monoisotopic (exact) mass is 307 g/mol. The van der Waals surface area contributed by atoms with Crippen molar-refractivity contribution in [3.8, 4) is 5.75 Å². The molecule has 0 heterocycles. The van der Waals surface area contributed by atoms with Gasteiger partial charge < -0.3 is 10.1 Å². The van der Waals surface area contributed by atoms with Crippen molar-refractivity contribution in [2.24, 2.45) is 0 Å². The topological polar surface area (TPSA) is 21.3 Å². The summed E-state index contributed by atoms with van der Waals surface area (Å²) in [5, 5.41) is 2.29. The van der Waals surface area contributed by atoms with Crippen molar-refractivity contribution in [3.63, 3.8) is 0 Å². The number of aryl methyl sites for hydroxylation is 1. The van der Waals surface area contributed by atoms with Crippen LogP contribution in [0.5, 0.6) is 5.75 Å². The zero-order valence-electron chi connectivity index (χ0n) is 12.1. The Balaban J connectivity index is 2.08. The highest BCUT2D eigenvalue weighted by Gasteiger charge is 2.32. The lowest BCUT2D eigenvalue weighted by Gasteiger charge is -2.16. The Kier molecular flexibility index (Phi) is 4.75. The lowest BCUT2D eigenvalue weighted by atomic mass is 10.2. The number of hydrogen-bond donors (Lipinski definition) is 1. The maximum absolute atomic E-state index is 12.5. The summed E-state index contributed by atoms with van der Waals surface area (Å²) in [5.41, 5.74) is 0.985. The second-order valence-corrected chi connectivity index (χ2v) is 4.85. The number of rotatable bonds is 5. The molecule has 116 valence electrons. The quantitative estimate of drug-likeness (QED) is 0.833. The number of halogens is 3. The molecule has 2 aromatic carbocycles. The van der Waals surface area contributed by atoms with E-state index in [1.54, 1.807) is 19.1 Å². The maximum Gasteiger partial charge on any atom is 0.430 e. The molecule has 0 amide bonds. The second kappa shape index (κ2) is 6.56. The number of ether oxygens (including phenoxy) is 1. The van der Waals surface area contributed by atoms with Crippen molar-refractivity contribution in [2.75, 3.05) is 5.32 Å². The molecule has 0 fully saturated rings. The highest BCUT2D eigenvalue weighted by Crippen LogP contribution is 2.29. The van der Waals surface area contributed by atoms with Gasteiger partial charge in [-0.05, 0) is 24.1 Å². The van der Waals surface area contributed by atoms with E-state index in [1.807, 2.05) is 30.3 Å². The first kappa shape index (κ1) is 15.9. The third-order valence-electron chi connectivity index (χ3n) is 3.09. The SMILES string of the molecule is C=C(Nc1cc(OCc2ccccc2)ccc1C)C(F)(F)F. The molecule has 0 spiro atoms. The molecule has 0 atom stereocenters. The minimum atomic E-state index is -4.48. The number of allylic oxidation sites excluding steroid dienone is 1. The first-order valence-electron chi connectivity index (χ1n) is 6.67. The standard InChI is InChI=1S/C17H16F3NO/c1-12-8-9-15(22-11-14-6-4-3-5-7-14)10-16(12)21-13(2)17(18,19)20/h3-10,21H,2,11H2,1H3. The van der Waals surface area contributed by atoms with Crippen molar-refractivity contribution in [1.29, 1.82) is 0 Å². The molecule has 0 aromatic heterocycles. The number of alkyl halides is 3. The van der Waals surface area contributed by atoms with Crippen LogP contribution in [0.2, 0.25) is 0 Å². The lowest BCUT2D eigenvalue weighted by Crippen LogP contribution is -2.18. The predicted octanol–water partition coefficient (Wildman–Crippen LogP) is 5.06. The number of hydrogen-bond acceptors (Lipinski definition) is 2. The highest BCUT2D eigenvalue weighted by molar-refractivity contribution is 5.58. The van der Waals surface area contributed by atoms with Crippen LogP contribution in [-0.2, 0) is 6.61 Å². The molecule has 0 radical (unpaired) electrons. The second-order valence-electron chi connectivity index (χ2n) is 4.85. The van der Waals surface area contributed by atoms with Gasteiger partial charge >= 0.3 is 6.18 Å². The van der Waals surface area contributed by atoms with Gasteiger partial charge in [0.15, 0.2) is 0 Å². The summed E-state index contributed by atoms with van der Waals surface area (Å²) < 4.78 is 43.2. The zero-order chi connectivity index (χ0) is 16.2. The molecule has 5 heteroatoms. The summed E-state index contributed by atoms with van der Waals surface area (Å²) in [5.74, 6) is 0.493. The Bertz CT molecular complexity index is 651. The third kappa shape index (κ3) is 4.28. The minimum Gasteiger partial charge on any atom is -0.489 e. The van der Waals surface area contributed by atoms with Crippen LogP contribution < -0.4 is 10.1 Å². The normalized spacial score (nSPS) is 11.1. The van der Waals surface area contributed by atoms with Gasteiger partial charge in [0.1, 0.15) is 18.1 Å². The van der Waals surface area contributed by atoms with Gasteiger partial charge in [0, 0.05) is 11.8 Å². The van der Waals surface area contributed by atoms with Crippen LogP contribution in [-0.4, -0.2) is 6.18 Å². The van der Waals surface area contributed by atoms with Crippen molar-refractivity contribution in [1.82, 2.24) is 0 Å². The Morgan fingerprint density at radius 1 is 1.14 bits per heavy atom. The summed E-state index contributed by atoms with van der Waals surface area (Å²) in [7, 11) is 0. The van der Waals surface area contributed by atoms with Crippen molar-refractivity contribution in [2.45, 2.75) is 19.7 Å². The van der Waals surface area contributed by atoms with Crippen LogP contribution in [0.1, 0.15) is 11.1 Å². The number of benzene rings is 2. The Labute approximate surface area is 127 Å². The molecule has 2 nitrogen and oxygen atoms in total. The molecule has 22 heavy (non-hydrogen) atoms. The van der Waals surface area contributed by atoms with Gasteiger partial charge in [0.05, 0.1) is 0 Å². The molecule has 0 aliphatic rings. The summed E-state index contributed by atoms with van der Waals surface area (Å²) in [6.07, 6.45) is -4.48. The number of nitrogens with one attached hydrogen (secondary N) is 1. The Hall–Kier alpha value is -2.43. The molecule has 2 aromatic rings. The molecule has 0 aliphatic carbocycles. The van der Waals surface area contributed by atoms with E-state index in [9.17, 15) is 13.2 Å². The van der Waals surface area contributed by atoms with Crippen LogP contribution in [0.4, 0.5) is 18.9 Å². The molecular formula is C17H16F3NO. The van der Waals surface area contributed by atoms with Crippen LogP contribution in [0.3, 0.4) is 0 Å². The summed E-state index contributed by atoms with van der Waals surface area (Å²) in [4.78, 5) is 0. The van der Waals surface area contributed by atoms with E-state index in [2.05, 4.69) is 11.9 Å². The molecule has 1 N–H and O–H groups in total. The van der Waals surface area contributed by atoms with Gasteiger partial charge in [-0.3, -0.25) is 0 Å². The fourth-order valence-corrected chi connectivity index (χ4v) is 1.80. The Morgan fingerprint density at radius 3 is 2.45 bits per heavy atom. The lowest BCUT2D eigenvalue weighted by molar-refractivity contribution is -0.0898. The van der Waals surface area contributed by atoms with E-state index in [0.29, 0.717) is 23.6 Å². The van der Waals surface area contributed by atoms with Gasteiger partial charge in [-0.2, -0.15) is 13.2 Å². The van der Waals surface area contributed by atoms with Crippen molar-refractivity contribution < 1.29 is 17.9 Å². The fourth-order valence-electron chi connectivity index (χ4n) is 1.80. The van der Waals surface area contributed by atoms with Crippen LogP contribution in [0, 0.1) is 6.92 Å². The van der Waals surface area contributed by atoms with E-state index < -0.39 is 11.9 Å². The summed E-state index contributed by atoms with van der Waals surface area (Å²) >= 11 is 0. The summed E-state index contributed by atoms with van der Waals surface area (Å²) in [6, 6.07) is 14.5. The zero-order valence-corrected chi connectivity index (χ0v) is 12.1. The average molecular weight is 307 g/mol. The molecule has 2 rings (SSSR count). The highest BCUT2D eigenvalue weighted by atomic mass is 19.4. The van der Waals surface area contributed by atoms with Gasteiger partial charge in [0.25, 0.3) is 0 Å². The van der Waals surface area contributed by atoms with Crippen molar-refractivity contribution in [3.05, 3.63) is 71.9 Å². The largest absolute Gasteiger partial charge is 0.489 e. The van der Waals surface area contributed by atoms with Crippen LogP contribution >= 0.6 is 0 Å². The minimum absolute atomic E-state index is 0.327. The molecule has 0 saturated carbocycles. The molecular weight excluding hydrogens is 291 g/mol. The van der Waals surface area contributed by atoms with Crippen molar-refractivity contribution >= 4 is 5.69 Å². The first-order chi connectivity index (χ1) is 10.4. The van der Waals surface area contributed by atoms with Gasteiger partial charge in [-0.1, -0.05) is 43.0 Å². The van der Waals surface area contributed by atoms with E-state index in [0.717, 1.165) is 5.56 Å². The maximum atomic E-state index is 12.5. The van der Waals surface area contributed by atoms with E-state index in [-0.39, 0.29) is 0 Å². The van der Waals surface area contributed by atoms with Crippen LogP contribution in [0.25, 0.3) is 0 Å². The molecule has 0 saturated heterocycles. The molecule has 0 bridgehead atoms. The molecule has 0 unspecified atom stereocenters.